The van der Waals surface area contributed by atoms with Gasteiger partial charge in [-0.1, -0.05) is 6.08 Å². The quantitative estimate of drug-likeness (QED) is 0.622. The van der Waals surface area contributed by atoms with E-state index in [0.717, 1.165) is 16.9 Å². The number of aryl methyl sites for hydroxylation is 1. The Morgan fingerprint density at radius 3 is 2.87 bits per heavy atom. The normalized spacial score (nSPS) is 13.0. The van der Waals surface area contributed by atoms with Crippen LogP contribution in [0.2, 0.25) is 0 Å². The molecular weight excluding hydrogens is 408 g/mol. The first kappa shape index (κ1) is 20.0. The number of hydrogen-bond donors (Lipinski definition) is 1. The first-order chi connectivity index (χ1) is 14.5. The minimum atomic E-state index is -0.446. The molecule has 3 heterocycles. The first-order valence-electron chi connectivity index (χ1n) is 9.38. The number of thiophene rings is 1. The van der Waals surface area contributed by atoms with E-state index in [1.807, 2.05) is 12.1 Å². The maximum atomic E-state index is 12.6. The molecule has 1 aliphatic heterocycles. The minimum absolute atomic E-state index is 0.267. The number of methoxy groups -OCH3 is 1. The molecular formula is C21H20N2O6S. The number of carbonyl (C=O) groups excluding carboxylic acids is 1. The summed E-state index contributed by atoms with van der Waals surface area (Å²) in [6.45, 7) is 4.66. The fourth-order valence-electron chi connectivity index (χ4n) is 3.20. The van der Waals surface area contributed by atoms with Gasteiger partial charge < -0.3 is 23.9 Å². The minimum Gasteiger partial charge on any atom is -0.493 e. The summed E-state index contributed by atoms with van der Waals surface area (Å²) in [5.74, 6) is 1.67. The molecule has 1 aliphatic rings. The van der Waals surface area contributed by atoms with E-state index in [4.69, 9.17) is 18.9 Å². The molecule has 0 saturated heterocycles. The lowest BCUT2D eigenvalue weighted by Gasteiger charge is -2.20. The predicted octanol–water partition coefficient (Wildman–Crippen LogP) is 3.42. The fraction of sp³-hybridized carbons (Fsp3) is 0.286. The molecule has 9 heteroatoms. The summed E-state index contributed by atoms with van der Waals surface area (Å²) >= 11 is 1.15. The summed E-state index contributed by atoms with van der Waals surface area (Å²) in [6.07, 6.45) is 3.47. The second-order valence-electron chi connectivity index (χ2n) is 6.49. The number of H-pyrrole nitrogens is 1. The van der Waals surface area contributed by atoms with Gasteiger partial charge in [-0.25, -0.2) is 9.78 Å². The van der Waals surface area contributed by atoms with Gasteiger partial charge in [-0.05, 0) is 43.2 Å². The second-order valence-corrected chi connectivity index (χ2v) is 7.49. The fourth-order valence-corrected chi connectivity index (χ4v) is 4.28. The van der Waals surface area contributed by atoms with Gasteiger partial charge in [-0.3, -0.25) is 4.79 Å². The van der Waals surface area contributed by atoms with Crippen molar-refractivity contribution in [2.75, 3.05) is 26.9 Å². The number of nitrogens with one attached hydrogen (secondary N) is 1. The predicted molar refractivity (Wildman–Crippen MR) is 114 cm³/mol. The summed E-state index contributed by atoms with van der Waals surface area (Å²) < 4.78 is 21.7. The van der Waals surface area contributed by atoms with Crippen LogP contribution in [0.3, 0.4) is 0 Å². The maximum absolute atomic E-state index is 12.6. The molecule has 1 N–H and O–H groups in total. The molecule has 3 aromatic rings. The van der Waals surface area contributed by atoms with Crippen LogP contribution >= 0.6 is 11.3 Å². The molecule has 1 aromatic carbocycles. The number of nitrogens with zero attached hydrogens (tertiary/aromatic N) is 1. The Kier molecular flexibility index (Phi) is 5.45. The number of carbonyl (C=O) groups is 1. The molecule has 4 rings (SSSR count). The van der Waals surface area contributed by atoms with Crippen LogP contribution in [0.5, 0.6) is 17.2 Å². The van der Waals surface area contributed by atoms with Crippen molar-refractivity contribution in [1.82, 2.24) is 9.97 Å². The largest absolute Gasteiger partial charge is 0.493 e. The zero-order chi connectivity index (χ0) is 21.3. The van der Waals surface area contributed by atoms with E-state index in [-0.39, 0.29) is 12.2 Å². The first-order valence-corrected chi connectivity index (χ1v) is 10.2. The van der Waals surface area contributed by atoms with Crippen LogP contribution in [0.1, 0.15) is 33.5 Å². The van der Waals surface area contributed by atoms with E-state index in [1.165, 1.54) is 0 Å². The Hall–Kier alpha value is -3.33. The third kappa shape index (κ3) is 3.63. The zero-order valence-corrected chi connectivity index (χ0v) is 17.6. The molecule has 0 amide bonds. The van der Waals surface area contributed by atoms with Crippen molar-refractivity contribution in [2.24, 2.45) is 0 Å². The van der Waals surface area contributed by atoms with Gasteiger partial charge in [0, 0.05) is 0 Å². The summed E-state index contributed by atoms with van der Waals surface area (Å²) in [5.41, 5.74) is 1.08. The monoisotopic (exact) mass is 428 g/mol. The number of benzene rings is 1. The third-order valence-corrected chi connectivity index (χ3v) is 5.73. The van der Waals surface area contributed by atoms with Crippen molar-refractivity contribution in [2.45, 2.75) is 13.8 Å². The molecule has 8 nitrogen and oxygen atoms in total. The molecule has 0 radical (unpaired) electrons. The highest BCUT2D eigenvalue weighted by molar-refractivity contribution is 7.20. The number of fused-ring (bicyclic) bond motifs is 2. The van der Waals surface area contributed by atoms with E-state index < -0.39 is 5.97 Å². The van der Waals surface area contributed by atoms with E-state index in [1.54, 1.807) is 33.1 Å². The van der Waals surface area contributed by atoms with Crippen LogP contribution in [0.4, 0.5) is 0 Å². The Morgan fingerprint density at radius 2 is 2.10 bits per heavy atom. The summed E-state index contributed by atoms with van der Waals surface area (Å²) in [7, 11) is 1.56. The number of esters is 1. The van der Waals surface area contributed by atoms with Crippen LogP contribution in [0, 0.1) is 6.92 Å². The van der Waals surface area contributed by atoms with Gasteiger partial charge in [0.25, 0.3) is 5.56 Å². The number of hydrogen-bond acceptors (Lipinski definition) is 8. The zero-order valence-electron chi connectivity index (χ0n) is 16.7. The number of aromatic nitrogens is 2. The summed E-state index contributed by atoms with van der Waals surface area (Å²) in [4.78, 5) is 32.8. The molecule has 30 heavy (non-hydrogen) atoms. The molecule has 0 fully saturated rings. The molecule has 0 spiro atoms. The average molecular weight is 428 g/mol. The average Bonchev–Trinajstić information content (AvgIpc) is 3.08. The van der Waals surface area contributed by atoms with Crippen molar-refractivity contribution in [3.63, 3.8) is 0 Å². The van der Waals surface area contributed by atoms with Crippen molar-refractivity contribution in [3.05, 3.63) is 44.3 Å². The van der Waals surface area contributed by atoms with Crippen LogP contribution in [0.15, 0.2) is 16.9 Å². The number of aromatic amines is 1. The molecule has 0 saturated carbocycles. The molecule has 0 bridgehead atoms. The van der Waals surface area contributed by atoms with Crippen LogP contribution in [-0.4, -0.2) is 42.9 Å². The van der Waals surface area contributed by atoms with E-state index in [2.05, 4.69) is 9.97 Å². The van der Waals surface area contributed by atoms with Crippen molar-refractivity contribution < 1.29 is 23.7 Å². The van der Waals surface area contributed by atoms with Crippen molar-refractivity contribution >= 4 is 39.7 Å². The van der Waals surface area contributed by atoms with Gasteiger partial charge >= 0.3 is 5.97 Å². The Morgan fingerprint density at radius 1 is 1.30 bits per heavy atom. The summed E-state index contributed by atoms with van der Waals surface area (Å²) in [5, 5.41) is 0.404. The van der Waals surface area contributed by atoms with Crippen LogP contribution < -0.4 is 19.8 Å². The van der Waals surface area contributed by atoms with E-state index in [9.17, 15) is 9.59 Å². The Balaban J connectivity index is 1.70. The lowest BCUT2D eigenvalue weighted by molar-refractivity contribution is 0.0531. The molecule has 0 atom stereocenters. The smallest absolute Gasteiger partial charge is 0.348 e. The topological polar surface area (TPSA) is 99.7 Å². The van der Waals surface area contributed by atoms with Gasteiger partial charge in [0.2, 0.25) is 5.75 Å². The highest BCUT2D eigenvalue weighted by Crippen LogP contribution is 2.40. The highest BCUT2D eigenvalue weighted by Gasteiger charge is 2.20. The van der Waals surface area contributed by atoms with Gasteiger partial charge in [0.15, 0.2) is 11.5 Å². The van der Waals surface area contributed by atoms with Gasteiger partial charge in [0.05, 0.1) is 19.1 Å². The SMILES string of the molecule is CCOC(=O)c1sc2nc(/C=C/c3cc(OC)c4c(c3)OCCO4)[nH]c(=O)c2c1C. The van der Waals surface area contributed by atoms with Crippen LogP contribution in [0.25, 0.3) is 22.4 Å². The highest BCUT2D eigenvalue weighted by atomic mass is 32.1. The molecule has 2 aromatic heterocycles. The van der Waals surface area contributed by atoms with Crippen molar-refractivity contribution in [1.29, 1.82) is 0 Å². The maximum Gasteiger partial charge on any atom is 0.348 e. The third-order valence-electron chi connectivity index (χ3n) is 4.56. The number of ether oxygens (including phenoxy) is 4. The van der Waals surface area contributed by atoms with E-state index in [0.29, 0.717) is 56.9 Å². The second kappa shape index (κ2) is 8.19. The van der Waals surface area contributed by atoms with Crippen LogP contribution in [-0.2, 0) is 4.74 Å². The molecule has 0 unspecified atom stereocenters. The summed E-state index contributed by atoms with van der Waals surface area (Å²) in [6, 6.07) is 3.65. The van der Waals surface area contributed by atoms with Gasteiger partial charge in [0.1, 0.15) is 28.7 Å². The van der Waals surface area contributed by atoms with Crippen molar-refractivity contribution in [3.8, 4) is 17.2 Å². The lowest BCUT2D eigenvalue weighted by atomic mass is 10.1. The molecule has 156 valence electrons. The van der Waals surface area contributed by atoms with E-state index >= 15 is 0 Å². The Bertz CT molecular complexity index is 1190. The van der Waals surface area contributed by atoms with Gasteiger partial charge in [-0.2, -0.15) is 0 Å². The number of rotatable bonds is 5. The lowest BCUT2D eigenvalue weighted by Crippen LogP contribution is -2.16. The Labute approximate surface area is 176 Å². The standard InChI is InChI=1S/C21H20N2O6S/c1-4-27-21(25)18-11(2)16-19(24)22-15(23-20(16)30-18)6-5-12-9-13(26-3)17-14(10-12)28-7-8-29-17/h5-6,9-10H,4,7-8H2,1-3H3,(H,22,23,24)/b6-5+. The molecule has 0 aliphatic carbocycles. The van der Waals surface area contributed by atoms with Gasteiger partial charge in [-0.15, -0.1) is 11.3 Å².